The number of esters is 2. The van der Waals surface area contributed by atoms with Gasteiger partial charge in [0.2, 0.25) is 0 Å². The van der Waals surface area contributed by atoms with Crippen LogP contribution in [0.5, 0.6) is 0 Å². The van der Waals surface area contributed by atoms with Crippen molar-refractivity contribution in [3.05, 3.63) is 12.2 Å². The van der Waals surface area contributed by atoms with Gasteiger partial charge in [-0.25, -0.2) is 4.79 Å². The van der Waals surface area contributed by atoms with Crippen molar-refractivity contribution in [2.45, 2.75) is 45.3 Å². The third kappa shape index (κ3) is 1.62. The molecular formula is C19H24O4. The van der Waals surface area contributed by atoms with Crippen LogP contribution in [0.15, 0.2) is 12.2 Å². The summed E-state index contributed by atoms with van der Waals surface area (Å²) in [4.78, 5) is 24.2. The van der Waals surface area contributed by atoms with E-state index in [9.17, 15) is 9.59 Å². The minimum atomic E-state index is -0.256. The van der Waals surface area contributed by atoms with Crippen molar-refractivity contribution in [1.29, 1.82) is 0 Å². The van der Waals surface area contributed by atoms with Crippen LogP contribution in [0, 0.1) is 47.3 Å². The Balaban J connectivity index is 1.41. The van der Waals surface area contributed by atoms with Crippen LogP contribution in [-0.4, -0.2) is 24.1 Å². The minimum absolute atomic E-state index is 0.0340. The molecule has 23 heavy (non-hydrogen) atoms. The molecule has 0 radical (unpaired) electrons. The van der Waals surface area contributed by atoms with Crippen LogP contribution >= 0.6 is 0 Å². The molecule has 1 saturated heterocycles. The first-order chi connectivity index (χ1) is 11.0. The summed E-state index contributed by atoms with van der Waals surface area (Å²) in [5.41, 5.74) is 0.477. The van der Waals surface area contributed by atoms with E-state index in [0.717, 1.165) is 12.3 Å². The molecule has 0 aromatic carbocycles. The van der Waals surface area contributed by atoms with E-state index in [1.165, 1.54) is 12.8 Å². The molecule has 4 bridgehead atoms. The summed E-state index contributed by atoms with van der Waals surface area (Å²) in [6, 6.07) is 0. The molecule has 0 aromatic rings. The number of hydrogen-bond donors (Lipinski definition) is 0. The summed E-state index contributed by atoms with van der Waals surface area (Å²) < 4.78 is 11.3. The molecule has 1 heterocycles. The Morgan fingerprint density at radius 3 is 2.65 bits per heavy atom. The van der Waals surface area contributed by atoms with E-state index in [2.05, 4.69) is 13.5 Å². The van der Waals surface area contributed by atoms with E-state index in [-0.39, 0.29) is 30.1 Å². The lowest BCUT2D eigenvalue weighted by atomic mass is 9.62. The molecule has 4 nitrogen and oxygen atoms in total. The molecule has 5 aliphatic rings. The maximum Gasteiger partial charge on any atom is 0.333 e. The van der Waals surface area contributed by atoms with E-state index < -0.39 is 0 Å². The van der Waals surface area contributed by atoms with Crippen LogP contribution in [0.3, 0.4) is 0 Å². The Kier molecular flexibility index (Phi) is 2.69. The standard InChI is InChI=1S/C19H24O4/c1-7(2)18(20)23-13-5-9-4-10(13)16-12-6-11(15(9)16)14-8(3)22-19(21)17(12)14/h8-17H,1,4-6H2,2-3H3. The zero-order chi connectivity index (χ0) is 16.0. The van der Waals surface area contributed by atoms with Gasteiger partial charge >= 0.3 is 11.9 Å². The van der Waals surface area contributed by atoms with Gasteiger partial charge < -0.3 is 9.47 Å². The largest absolute Gasteiger partial charge is 0.462 e. The molecule has 0 amide bonds. The first-order valence-electron chi connectivity index (χ1n) is 9.04. The summed E-state index contributed by atoms with van der Waals surface area (Å²) in [6.45, 7) is 7.47. The van der Waals surface area contributed by atoms with Crippen molar-refractivity contribution < 1.29 is 19.1 Å². The maximum atomic E-state index is 12.3. The van der Waals surface area contributed by atoms with Gasteiger partial charge in [-0.2, -0.15) is 0 Å². The molecule has 5 fully saturated rings. The Morgan fingerprint density at radius 1 is 1.13 bits per heavy atom. The Hall–Kier alpha value is -1.32. The molecule has 1 aliphatic heterocycles. The van der Waals surface area contributed by atoms with Gasteiger partial charge in [0.15, 0.2) is 0 Å². The molecule has 4 saturated carbocycles. The van der Waals surface area contributed by atoms with Gasteiger partial charge in [0, 0.05) is 11.5 Å². The molecule has 124 valence electrons. The first-order valence-corrected chi connectivity index (χ1v) is 9.04. The summed E-state index contributed by atoms with van der Waals surface area (Å²) >= 11 is 0. The quantitative estimate of drug-likeness (QED) is 0.446. The van der Waals surface area contributed by atoms with Crippen LogP contribution in [-0.2, 0) is 19.1 Å². The molecule has 4 heteroatoms. The number of carbonyl (C=O) groups is 2. The molecular weight excluding hydrogens is 292 g/mol. The van der Waals surface area contributed by atoms with Gasteiger partial charge in [-0.3, -0.25) is 4.79 Å². The molecule has 0 spiro atoms. The first kappa shape index (κ1) is 14.1. The molecule has 0 N–H and O–H groups in total. The van der Waals surface area contributed by atoms with Gasteiger partial charge in [-0.15, -0.1) is 0 Å². The second-order valence-corrected chi connectivity index (χ2v) is 8.58. The highest BCUT2D eigenvalue weighted by atomic mass is 16.6. The third-order valence-corrected chi connectivity index (χ3v) is 7.70. The summed E-state index contributed by atoms with van der Waals surface area (Å²) in [6.07, 6.45) is 3.52. The summed E-state index contributed by atoms with van der Waals surface area (Å²) in [7, 11) is 0. The highest BCUT2D eigenvalue weighted by Crippen LogP contribution is 2.72. The predicted octanol–water partition coefficient (Wildman–Crippen LogP) is 2.57. The predicted molar refractivity (Wildman–Crippen MR) is 82.0 cm³/mol. The summed E-state index contributed by atoms with van der Waals surface area (Å²) in [5.74, 6) is 3.90. The highest BCUT2D eigenvalue weighted by molar-refractivity contribution is 5.87. The van der Waals surface area contributed by atoms with Gasteiger partial charge in [-0.05, 0) is 68.6 Å². The minimum Gasteiger partial charge on any atom is -0.462 e. The lowest BCUT2D eigenvalue weighted by Gasteiger charge is -2.42. The van der Waals surface area contributed by atoms with Crippen molar-refractivity contribution in [3.8, 4) is 0 Å². The van der Waals surface area contributed by atoms with Crippen molar-refractivity contribution in [2.24, 2.45) is 47.3 Å². The average molecular weight is 316 g/mol. The lowest BCUT2D eigenvalue weighted by molar-refractivity contribution is -0.151. The van der Waals surface area contributed by atoms with E-state index in [1.807, 2.05) is 0 Å². The number of ether oxygens (including phenoxy) is 2. The lowest BCUT2D eigenvalue weighted by Crippen LogP contribution is -2.44. The average Bonchev–Trinajstić information content (AvgIpc) is 3.24. The highest BCUT2D eigenvalue weighted by Gasteiger charge is 2.72. The van der Waals surface area contributed by atoms with Gasteiger partial charge in [0.1, 0.15) is 12.2 Å². The fraction of sp³-hybridized carbons (Fsp3) is 0.789. The molecule has 10 atom stereocenters. The summed E-state index contributed by atoms with van der Waals surface area (Å²) in [5, 5.41) is 0. The normalized spacial score (nSPS) is 54.8. The number of hydrogen-bond acceptors (Lipinski definition) is 4. The van der Waals surface area contributed by atoms with E-state index in [1.54, 1.807) is 6.92 Å². The van der Waals surface area contributed by atoms with Crippen molar-refractivity contribution in [1.82, 2.24) is 0 Å². The topological polar surface area (TPSA) is 52.6 Å². The van der Waals surface area contributed by atoms with Crippen LogP contribution < -0.4 is 0 Å². The van der Waals surface area contributed by atoms with E-state index >= 15 is 0 Å². The van der Waals surface area contributed by atoms with Crippen LogP contribution in [0.1, 0.15) is 33.1 Å². The Bertz CT molecular complexity index is 610. The van der Waals surface area contributed by atoms with Crippen molar-refractivity contribution in [3.63, 3.8) is 0 Å². The zero-order valence-electron chi connectivity index (χ0n) is 13.7. The number of cyclic esters (lactones) is 1. The maximum absolute atomic E-state index is 12.3. The van der Waals surface area contributed by atoms with Crippen LogP contribution in [0.2, 0.25) is 0 Å². The van der Waals surface area contributed by atoms with E-state index in [0.29, 0.717) is 41.1 Å². The zero-order valence-corrected chi connectivity index (χ0v) is 13.7. The molecule has 0 aromatic heterocycles. The van der Waals surface area contributed by atoms with Crippen LogP contribution in [0.4, 0.5) is 0 Å². The Labute approximate surface area is 136 Å². The molecule has 4 aliphatic carbocycles. The van der Waals surface area contributed by atoms with Gasteiger partial charge in [0.05, 0.1) is 5.92 Å². The van der Waals surface area contributed by atoms with Crippen molar-refractivity contribution >= 4 is 11.9 Å². The molecule has 5 rings (SSSR count). The van der Waals surface area contributed by atoms with Gasteiger partial charge in [0.25, 0.3) is 0 Å². The third-order valence-electron chi connectivity index (χ3n) is 7.70. The Morgan fingerprint density at radius 2 is 1.91 bits per heavy atom. The van der Waals surface area contributed by atoms with Crippen molar-refractivity contribution in [2.75, 3.05) is 0 Å². The smallest absolute Gasteiger partial charge is 0.333 e. The monoisotopic (exact) mass is 316 g/mol. The fourth-order valence-electron chi connectivity index (χ4n) is 7.29. The van der Waals surface area contributed by atoms with Crippen LogP contribution in [0.25, 0.3) is 0 Å². The molecule has 10 unspecified atom stereocenters. The number of carbonyl (C=O) groups excluding carboxylic acids is 2. The SMILES string of the molecule is C=C(C)C(=O)OC1CC2CC1C1C3CC(C4C(C)OC(=O)C34)C21. The van der Waals surface area contributed by atoms with E-state index in [4.69, 9.17) is 9.47 Å². The van der Waals surface area contributed by atoms with Gasteiger partial charge in [-0.1, -0.05) is 6.58 Å². The second-order valence-electron chi connectivity index (χ2n) is 8.58. The fourth-order valence-corrected chi connectivity index (χ4v) is 7.29. The number of rotatable bonds is 2. The number of fused-ring (bicyclic) bond motifs is 12. The second kappa shape index (κ2) is 4.40.